The highest BCUT2D eigenvalue weighted by molar-refractivity contribution is 7.89. The summed E-state index contributed by atoms with van der Waals surface area (Å²) in [7, 11) is -2.19. The minimum Gasteiger partial charge on any atom is -0.383 e. The second kappa shape index (κ2) is 9.84. The van der Waals surface area contributed by atoms with Crippen LogP contribution < -0.4 is 4.80 Å². The van der Waals surface area contributed by atoms with Gasteiger partial charge in [-0.2, -0.15) is 9.30 Å². The lowest BCUT2D eigenvalue weighted by molar-refractivity contribution is -0.122. The molecule has 4 rings (SSSR count). The molecule has 1 saturated heterocycles. The van der Waals surface area contributed by atoms with Crippen molar-refractivity contribution in [2.24, 2.45) is 10.9 Å². The molecular formula is C23H26FN3O4S2. The number of hydrogen-bond acceptors (Lipinski definition) is 5. The van der Waals surface area contributed by atoms with Crippen LogP contribution in [0.1, 0.15) is 18.4 Å². The van der Waals surface area contributed by atoms with E-state index in [1.165, 1.54) is 27.8 Å². The van der Waals surface area contributed by atoms with E-state index in [1.807, 2.05) is 23.6 Å². The average Bonchev–Trinajstić information content (AvgIpc) is 3.13. The molecule has 2 heterocycles. The van der Waals surface area contributed by atoms with Gasteiger partial charge in [-0.1, -0.05) is 17.4 Å². The van der Waals surface area contributed by atoms with Crippen LogP contribution in [-0.4, -0.2) is 50.0 Å². The quantitative estimate of drug-likeness (QED) is 0.530. The number of rotatable bonds is 6. The van der Waals surface area contributed by atoms with Crippen molar-refractivity contribution in [1.29, 1.82) is 0 Å². The van der Waals surface area contributed by atoms with Crippen LogP contribution >= 0.6 is 11.3 Å². The van der Waals surface area contributed by atoms with E-state index >= 15 is 0 Å². The second-order valence-corrected chi connectivity index (χ2v) is 11.1. The summed E-state index contributed by atoms with van der Waals surface area (Å²) in [6.45, 7) is 3.43. The topological polar surface area (TPSA) is 81.0 Å². The molecule has 1 aromatic heterocycles. The maximum atomic E-state index is 13.2. The molecule has 1 atom stereocenters. The van der Waals surface area contributed by atoms with E-state index in [0.717, 1.165) is 27.9 Å². The van der Waals surface area contributed by atoms with Crippen molar-refractivity contribution in [3.8, 4) is 0 Å². The molecule has 1 amide bonds. The van der Waals surface area contributed by atoms with E-state index in [1.54, 1.807) is 7.11 Å². The number of hydrogen-bond donors (Lipinski definition) is 0. The van der Waals surface area contributed by atoms with Crippen molar-refractivity contribution in [2.75, 3.05) is 26.8 Å². The Hall–Kier alpha value is -2.40. The van der Waals surface area contributed by atoms with Crippen molar-refractivity contribution in [3.05, 3.63) is 58.6 Å². The second-order valence-electron chi connectivity index (χ2n) is 8.11. The van der Waals surface area contributed by atoms with Gasteiger partial charge in [0.1, 0.15) is 5.82 Å². The Balaban J connectivity index is 1.62. The van der Waals surface area contributed by atoms with E-state index < -0.39 is 21.8 Å². The van der Waals surface area contributed by atoms with Crippen LogP contribution in [0.3, 0.4) is 0 Å². The number of carbonyl (C=O) groups excluding carboxylic acids is 1. The SMILES string of the molecule is COCCn1c(=NC(=O)C2CCCN(S(=O)(=O)c3ccc(F)cc3)C2)sc2cc(C)ccc21. The molecule has 0 radical (unpaired) electrons. The van der Waals surface area contributed by atoms with Gasteiger partial charge in [-0.15, -0.1) is 0 Å². The van der Waals surface area contributed by atoms with Crippen LogP contribution in [0.15, 0.2) is 52.4 Å². The maximum Gasteiger partial charge on any atom is 0.252 e. The van der Waals surface area contributed by atoms with Crippen molar-refractivity contribution < 1.29 is 22.3 Å². The lowest BCUT2D eigenvalue weighted by Crippen LogP contribution is -2.42. The number of benzene rings is 2. The third kappa shape index (κ3) is 5.08. The Morgan fingerprint density at radius 1 is 1.24 bits per heavy atom. The first kappa shape index (κ1) is 23.7. The Labute approximate surface area is 196 Å². The predicted octanol–water partition coefficient (Wildman–Crippen LogP) is 3.32. The molecule has 0 spiro atoms. The van der Waals surface area contributed by atoms with E-state index in [0.29, 0.717) is 37.3 Å². The molecule has 0 saturated carbocycles. The fraction of sp³-hybridized carbons (Fsp3) is 0.391. The van der Waals surface area contributed by atoms with E-state index in [9.17, 15) is 17.6 Å². The highest BCUT2D eigenvalue weighted by atomic mass is 32.2. The molecule has 3 aromatic rings. The summed E-state index contributed by atoms with van der Waals surface area (Å²) in [6.07, 6.45) is 1.13. The largest absolute Gasteiger partial charge is 0.383 e. The fourth-order valence-corrected chi connectivity index (χ4v) is 6.65. The van der Waals surface area contributed by atoms with Crippen molar-refractivity contribution in [3.63, 3.8) is 0 Å². The van der Waals surface area contributed by atoms with Crippen LogP contribution in [0, 0.1) is 18.7 Å². The van der Waals surface area contributed by atoms with Crippen molar-refractivity contribution in [1.82, 2.24) is 8.87 Å². The molecule has 7 nitrogen and oxygen atoms in total. The minimum atomic E-state index is -3.81. The Bertz CT molecular complexity index is 1330. The number of ether oxygens (including phenoxy) is 1. The Morgan fingerprint density at radius 2 is 2.00 bits per heavy atom. The van der Waals surface area contributed by atoms with Gasteiger partial charge in [-0.05, 0) is 61.7 Å². The fourth-order valence-electron chi connectivity index (χ4n) is 3.97. The van der Waals surface area contributed by atoms with Gasteiger partial charge < -0.3 is 9.30 Å². The van der Waals surface area contributed by atoms with E-state index in [-0.39, 0.29) is 17.3 Å². The zero-order chi connectivity index (χ0) is 23.6. The average molecular weight is 492 g/mol. The monoisotopic (exact) mass is 491 g/mol. The van der Waals surface area contributed by atoms with Crippen LogP contribution in [0.25, 0.3) is 10.2 Å². The third-order valence-electron chi connectivity index (χ3n) is 5.75. The van der Waals surface area contributed by atoms with Gasteiger partial charge in [0.05, 0.1) is 27.6 Å². The number of nitrogens with zero attached hydrogens (tertiary/aromatic N) is 3. The number of methoxy groups -OCH3 is 1. The smallest absolute Gasteiger partial charge is 0.252 e. The number of piperidine rings is 1. The molecule has 0 bridgehead atoms. The molecular weight excluding hydrogens is 465 g/mol. The molecule has 2 aromatic carbocycles. The van der Waals surface area contributed by atoms with E-state index in [4.69, 9.17) is 4.74 Å². The molecule has 1 aliphatic rings. The van der Waals surface area contributed by atoms with Crippen LogP contribution in [-0.2, 0) is 26.1 Å². The number of amides is 1. The zero-order valence-electron chi connectivity index (χ0n) is 18.5. The summed E-state index contributed by atoms with van der Waals surface area (Å²) in [4.78, 5) is 18.1. The highest BCUT2D eigenvalue weighted by Crippen LogP contribution is 2.25. The third-order valence-corrected chi connectivity index (χ3v) is 8.67. The normalized spacial score (nSPS) is 18.2. The summed E-state index contributed by atoms with van der Waals surface area (Å²) in [5.74, 6) is -1.36. The molecule has 1 fully saturated rings. The molecule has 10 heteroatoms. The van der Waals surface area contributed by atoms with Crippen LogP contribution in [0.5, 0.6) is 0 Å². The number of aryl methyl sites for hydroxylation is 1. The number of sulfonamides is 1. The van der Waals surface area contributed by atoms with Gasteiger partial charge in [-0.3, -0.25) is 4.79 Å². The summed E-state index contributed by atoms with van der Waals surface area (Å²) >= 11 is 1.44. The van der Waals surface area contributed by atoms with Gasteiger partial charge in [0.2, 0.25) is 10.0 Å². The first-order chi connectivity index (χ1) is 15.8. The molecule has 0 aliphatic carbocycles. The van der Waals surface area contributed by atoms with Gasteiger partial charge in [-0.25, -0.2) is 12.8 Å². The maximum absolute atomic E-state index is 13.2. The van der Waals surface area contributed by atoms with E-state index in [2.05, 4.69) is 11.1 Å². The first-order valence-corrected chi connectivity index (χ1v) is 13.0. The summed E-state index contributed by atoms with van der Waals surface area (Å²) in [6, 6.07) is 10.8. The zero-order valence-corrected chi connectivity index (χ0v) is 20.2. The summed E-state index contributed by atoms with van der Waals surface area (Å²) in [5, 5.41) is 0. The number of aromatic nitrogens is 1. The van der Waals surface area contributed by atoms with Gasteiger partial charge in [0, 0.05) is 26.7 Å². The first-order valence-electron chi connectivity index (χ1n) is 10.7. The Morgan fingerprint density at radius 3 is 2.73 bits per heavy atom. The number of carbonyl (C=O) groups is 1. The summed E-state index contributed by atoms with van der Waals surface area (Å²) < 4.78 is 48.7. The van der Waals surface area contributed by atoms with Crippen molar-refractivity contribution in [2.45, 2.75) is 31.2 Å². The standard InChI is InChI=1S/C23H26FN3O4S2/c1-16-5-10-20-21(14-16)32-23(27(20)12-13-31-2)25-22(28)17-4-3-11-26(15-17)33(29,30)19-8-6-18(24)7-9-19/h5-10,14,17H,3-4,11-13,15H2,1-2H3. The Kier molecular flexibility index (Phi) is 7.08. The number of fused-ring (bicyclic) bond motifs is 1. The number of halogens is 1. The lowest BCUT2D eigenvalue weighted by Gasteiger charge is -2.30. The number of thiazole rings is 1. The van der Waals surface area contributed by atoms with Gasteiger partial charge >= 0.3 is 0 Å². The van der Waals surface area contributed by atoms with Gasteiger partial charge in [0.15, 0.2) is 4.80 Å². The highest BCUT2D eigenvalue weighted by Gasteiger charge is 2.33. The molecule has 1 unspecified atom stereocenters. The van der Waals surface area contributed by atoms with Crippen LogP contribution in [0.2, 0.25) is 0 Å². The molecule has 0 N–H and O–H groups in total. The lowest BCUT2D eigenvalue weighted by atomic mass is 9.99. The molecule has 33 heavy (non-hydrogen) atoms. The molecule has 176 valence electrons. The molecule has 1 aliphatic heterocycles. The van der Waals surface area contributed by atoms with Crippen LogP contribution in [0.4, 0.5) is 4.39 Å². The van der Waals surface area contributed by atoms with Crippen molar-refractivity contribution >= 4 is 37.5 Å². The summed E-state index contributed by atoms with van der Waals surface area (Å²) in [5.41, 5.74) is 2.10. The minimum absolute atomic E-state index is 0.0196. The van der Waals surface area contributed by atoms with Gasteiger partial charge in [0.25, 0.3) is 5.91 Å². The predicted molar refractivity (Wildman–Crippen MR) is 125 cm³/mol.